The fourth-order valence-corrected chi connectivity index (χ4v) is 1.75. The zero-order chi connectivity index (χ0) is 9.97. The van der Waals surface area contributed by atoms with Crippen LogP contribution in [-0.4, -0.2) is 40.8 Å². The summed E-state index contributed by atoms with van der Waals surface area (Å²) in [5.41, 5.74) is 5.87. The first-order valence-electron chi connectivity index (χ1n) is 4.68. The van der Waals surface area contributed by atoms with Crippen LogP contribution in [0.2, 0.25) is 0 Å². The Bertz CT molecular complexity index is 297. The van der Waals surface area contributed by atoms with Gasteiger partial charge in [0.2, 0.25) is 0 Å². The summed E-state index contributed by atoms with van der Waals surface area (Å²) >= 11 is 0. The minimum atomic E-state index is 0. The van der Waals surface area contributed by atoms with Crippen molar-refractivity contribution in [1.29, 1.82) is 0 Å². The fraction of sp³-hybridized carbons (Fsp3) is 0.556. The number of rotatable bonds is 2. The van der Waals surface area contributed by atoms with E-state index in [1.54, 1.807) is 6.20 Å². The monoisotopic (exact) mass is 230 g/mol. The van der Waals surface area contributed by atoms with Gasteiger partial charge in [-0.3, -0.25) is 0 Å². The maximum absolute atomic E-state index is 9.06. The molecule has 84 valence electrons. The third kappa shape index (κ3) is 2.56. The van der Waals surface area contributed by atoms with Crippen LogP contribution in [0.25, 0.3) is 0 Å². The molecule has 0 aromatic carbocycles. The molecule has 2 heterocycles. The molecule has 2 atom stereocenters. The van der Waals surface area contributed by atoms with Crippen molar-refractivity contribution >= 4 is 18.2 Å². The molecule has 0 spiro atoms. The molecule has 6 heteroatoms. The van der Waals surface area contributed by atoms with E-state index < -0.39 is 0 Å². The lowest BCUT2D eigenvalue weighted by molar-refractivity contribution is 0.228. The number of aliphatic hydroxyl groups excluding tert-OH is 1. The number of aliphatic hydroxyl groups is 1. The van der Waals surface area contributed by atoms with Crippen LogP contribution in [-0.2, 0) is 0 Å². The van der Waals surface area contributed by atoms with Crippen LogP contribution in [0.5, 0.6) is 0 Å². The summed E-state index contributed by atoms with van der Waals surface area (Å²) in [4.78, 5) is 10.1. The molecule has 0 bridgehead atoms. The van der Waals surface area contributed by atoms with Crippen LogP contribution in [0.1, 0.15) is 0 Å². The maximum atomic E-state index is 9.06. The van der Waals surface area contributed by atoms with Crippen molar-refractivity contribution in [3.63, 3.8) is 0 Å². The highest BCUT2D eigenvalue weighted by Crippen LogP contribution is 2.20. The predicted molar refractivity (Wildman–Crippen MR) is 60.0 cm³/mol. The van der Waals surface area contributed by atoms with Gasteiger partial charge in [-0.2, -0.15) is 0 Å². The quantitative estimate of drug-likeness (QED) is 0.727. The molecule has 15 heavy (non-hydrogen) atoms. The molecule has 0 aliphatic carbocycles. The lowest BCUT2D eigenvalue weighted by Crippen LogP contribution is -2.31. The van der Waals surface area contributed by atoms with Crippen LogP contribution in [0.4, 0.5) is 5.82 Å². The van der Waals surface area contributed by atoms with E-state index in [4.69, 9.17) is 10.8 Å². The van der Waals surface area contributed by atoms with Crippen LogP contribution in [0, 0.1) is 5.92 Å². The molecule has 1 saturated heterocycles. The number of hydrogen-bond donors (Lipinski definition) is 2. The minimum Gasteiger partial charge on any atom is -0.396 e. The molecule has 0 amide bonds. The average molecular weight is 231 g/mol. The van der Waals surface area contributed by atoms with Crippen LogP contribution in [0.3, 0.4) is 0 Å². The summed E-state index contributed by atoms with van der Waals surface area (Å²) < 4.78 is 0. The van der Waals surface area contributed by atoms with E-state index in [1.807, 2.05) is 6.07 Å². The standard InChI is InChI=1S/C9H14N4O.ClH/c10-8-4-13(3-7(8)5-14)9-1-2-11-6-12-9;/h1-2,6-8,14H,3-5,10H2;1H/t7-,8+;/m0./s1. The highest BCUT2D eigenvalue weighted by molar-refractivity contribution is 5.85. The Morgan fingerprint density at radius 3 is 2.87 bits per heavy atom. The number of halogens is 1. The van der Waals surface area contributed by atoms with Crippen molar-refractivity contribution in [2.24, 2.45) is 11.7 Å². The zero-order valence-corrected chi connectivity index (χ0v) is 9.10. The molecule has 1 aliphatic rings. The van der Waals surface area contributed by atoms with Crippen molar-refractivity contribution in [2.45, 2.75) is 6.04 Å². The Morgan fingerprint density at radius 1 is 1.53 bits per heavy atom. The Balaban J connectivity index is 0.00000112. The van der Waals surface area contributed by atoms with Crippen molar-refractivity contribution < 1.29 is 5.11 Å². The van der Waals surface area contributed by atoms with Crippen LogP contribution in [0.15, 0.2) is 18.6 Å². The van der Waals surface area contributed by atoms with Gasteiger partial charge in [-0.25, -0.2) is 9.97 Å². The Labute approximate surface area is 94.7 Å². The number of anilines is 1. The number of nitrogens with zero attached hydrogens (tertiary/aromatic N) is 3. The minimum absolute atomic E-state index is 0. The second-order valence-corrected chi connectivity index (χ2v) is 3.58. The van der Waals surface area contributed by atoms with Gasteiger partial charge in [0, 0.05) is 37.9 Å². The van der Waals surface area contributed by atoms with Gasteiger partial charge >= 0.3 is 0 Å². The molecule has 1 aromatic heterocycles. The largest absolute Gasteiger partial charge is 0.396 e. The van der Waals surface area contributed by atoms with Crippen molar-refractivity contribution in [3.8, 4) is 0 Å². The van der Waals surface area contributed by atoms with Crippen LogP contribution >= 0.6 is 12.4 Å². The van der Waals surface area contributed by atoms with E-state index in [2.05, 4.69) is 14.9 Å². The molecular formula is C9H15ClN4O. The molecule has 0 saturated carbocycles. The van der Waals surface area contributed by atoms with Gasteiger partial charge in [0.25, 0.3) is 0 Å². The van der Waals surface area contributed by atoms with E-state index in [0.29, 0.717) is 0 Å². The normalized spacial score (nSPS) is 25.1. The SMILES string of the molecule is Cl.N[C@@H]1CN(c2ccncn2)C[C@H]1CO. The molecule has 1 aromatic rings. The van der Waals surface area contributed by atoms with E-state index in [9.17, 15) is 0 Å². The summed E-state index contributed by atoms with van der Waals surface area (Å²) in [5.74, 6) is 1.04. The summed E-state index contributed by atoms with van der Waals surface area (Å²) in [7, 11) is 0. The lowest BCUT2D eigenvalue weighted by atomic mass is 10.1. The molecule has 1 aliphatic heterocycles. The van der Waals surface area contributed by atoms with Gasteiger partial charge in [-0.1, -0.05) is 0 Å². The predicted octanol–water partition coefficient (Wildman–Crippen LogP) is -0.346. The van der Waals surface area contributed by atoms with Gasteiger partial charge in [0.05, 0.1) is 0 Å². The van der Waals surface area contributed by atoms with Gasteiger partial charge < -0.3 is 15.7 Å². The third-order valence-electron chi connectivity index (χ3n) is 2.62. The topological polar surface area (TPSA) is 75.3 Å². The molecule has 0 radical (unpaired) electrons. The van der Waals surface area contributed by atoms with E-state index in [-0.39, 0.29) is 31.0 Å². The van der Waals surface area contributed by atoms with E-state index >= 15 is 0 Å². The Morgan fingerprint density at radius 2 is 2.33 bits per heavy atom. The van der Waals surface area contributed by atoms with E-state index in [1.165, 1.54) is 6.33 Å². The van der Waals surface area contributed by atoms with Gasteiger partial charge in [-0.15, -0.1) is 12.4 Å². The molecule has 5 nitrogen and oxygen atoms in total. The third-order valence-corrected chi connectivity index (χ3v) is 2.62. The molecule has 1 fully saturated rings. The maximum Gasteiger partial charge on any atom is 0.131 e. The zero-order valence-electron chi connectivity index (χ0n) is 8.28. The molecule has 2 rings (SSSR count). The van der Waals surface area contributed by atoms with Crippen molar-refractivity contribution in [3.05, 3.63) is 18.6 Å². The van der Waals surface area contributed by atoms with Gasteiger partial charge in [0.15, 0.2) is 0 Å². The summed E-state index contributed by atoms with van der Waals surface area (Å²) in [6.45, 7) is 1.67. The second kappa shape index (κ2) is 5.25. The number of aromatic nitrogens is 2. The Hall–Kier alpha value is -0.910. The first-order chi connectivity index (χ1) is 6.81. The van der Waals surface area contributed by atoms with Gasteiger partial charge in [0.1, 0.15) is 12.1 Å². The number of hydrogen-bond acceptors (Lipinski definition) is 5. The smallest absolute Gasteiger partial charge is 0.131 e. The summed E-state index contributed by atoms with van der Waals surface area (Å²) in [6, 6.07) is 1.89. The number of nitrogens with two attached hydrogens (primary N) is 1. The van der Waals surface area contributed by atoms with Crippen molar-refractivity contribution in [1.82, 2.24) is 9.97 Å². The molecule has 0 unspecified atom stereocenters. The summed E-state index contributed by atoms with van der Waals surface area (Å²) in [6.07, 6.45) is 3.23. The first kappa shape index (κ1) is 12.2. The fourth-order valence-electron chi connectivity index (χ4n) is 1.75. The van der Waals surface area contributed by atoms with Crippen molar-refractivity contribution in [2.75, 3.05) is 24.6 Å². The highest BCUT2D eigenvalue weighted by Gasteiger charge is 2.29. The second-order valence-electron chi connectivity index (χ2n) is 3.58. The first-order valence-corrected chi connectivity index (χ1v) is 4.68. The Kier molecular flexibility index (Phi) is 4.26. The highest BCUT2D eigenvalue weighted by atomic mass is 35.5. The summed E-state index contributed by atoms with van der Waals surface area (Å²) in [5, 5.41) is 9.06. The van der Waals surface area contributed by atoms with Crippen LogP contribution < -0.4 is 10.6 Å². The molecular weight excluding hydrogens is 216 g/mol. The van der Waals surface area contributed by atoms with E-state index in [0.717, 1.165) is 18.9 Å². The molecule has 3 N–H and O–H groups in total. The lowest BCUT2D eigenvalue weighted by Gasteiger charge is -2.15. The average Bonchev–Trinajstić information content (AvgIpc) is 2.61. The van der Waals surface area contributed by atoms with Gasteiger partial charge in [-0.05, 0) is 6.07 Å².